The first kappa shape index (κ1) is 33.4. The van der Waals surface area contributed by atoms with Crippen LogP contribution in [0.1, 0.15) is 93.4 Å². The lowest BCUT2D eigenvalue weighted by Crippen LogP contribution is -2.56. The van der Waals surface area contributed by atoms with E-state index >= 15 is 0 Å². The van der Waals surface area contributed by atoms with Crippen molar-refractivity contribution in [2.24, 2.45) is 21.7 Å². The van der Waals surface area contributed by atoms with E-state index in [1.54, 1.807) is 0 Å². The van der Waals surface area contributed by atoms with Crippen molar-refractivity contribution in [1.29, 1.82) is 0 Å². The zero-order chi connectivity index (χ0) is 27.7. The van der Waals surface area contributed by atoms with Crippen molar-refractivity contribution in [1.82, 2.24) is 16.0 Å². The molecular weight excluding hydrogens is 509 g/mol. The lowest BCUT2D eigenvalue weighted by atomic mass is 9.66. The fourth-order valence-corrected chi connectivity index (χ4v) is 6.63. The summed E-state index contributed by atoms with van der Waals surface area (Å²) in [4.78, 5) is 17.7. The fraction of sp³-hybridized carbons (Fsp3) is 0.923. The Hall–Kier alpha value is -0.670. The Morgan fingerprint density at radius 2 is 1.78 bits per heavy atom. The second kappa shape index (κ2) is 14.5. The maximum atomic E-state index is 13.9. The van der Waals surface area contributed by atoms with Crippen LogP contribution in [0.15, 0.2) is 4.99 Å². The summed E-state index contributed by atoms with van der Waals surface area (Å²) in [5.41, 5.74) is -0.308. The van der Waals surface area contributed by atoms with Crippen LogP contribution < -0.4 is 16.0 Å². The van der Waals surface area contributed by atoms with Gasteiger partial charge < -0.3 is 10.6 Å². The van der Waals surface area contributed by atoms with E-state index in [0.717, 1.165) is 25.7 Å². The number of rotatable bonds is 12. The number of nitrogens with one attached hydrogen (secondary N) is 3. The van der Waals surface area contributed by atoms with E-state index in [2.05, 4.69) is 41.7 Å². The largest absolute Gasteiger partial charge is 0.403 e. The summed E-state index contributed by atoms with van der Waals surface area (Å²) in [6.07, 6.45) is 0.280. The van der Waals surface area contributed by atoms with E-state index in [0.29, 0.717) is 19.4 Å². The van der Waals surface area contributed by atoms with Crippen molar-refractivity contribution in [2.75, 3.05) is 13.6 Å². The van der Waals surface area contributed by atoms with Crippen LogP contribution in [-0.2, 0) is 4.79 Å². The Balaban J connectivity index is 3.39. The lowest BCUT2D eigenvalue weighted by Gasteiger charge is -2.43. The molecule has 6 unspecified atom stereocenters. The second-order valence-electron chi connectivity index (χ2n) is 11.5. The van der Waals surface area contributed by atoms with Gasteiger partial charge in [-0.25, -0.2) is 0 Å². The highest BCUT2D eigenvalue weighted by Gasteiger charge is 2.44. The predicted octanol–water partition coefficient (Wildman–Crippen LogP) is 6.71. The first-order chi connectivity index (χ1) is 16.6. The van der Waals surface area contributed by atoms with Gasteiger partial charge in [-0.3, -0.25) is 15.1 Å². The van der Waals surface area contributed by atoms with Crippen LogP contribution in [-0.4, -0.2) is 53.7 Å². The number of hydrogen-bond acceptors (Lipinski definition) is 4. The molecule has 5 nitrogen and oxygen atoms in total. The van der Waals surface area contributed by atoms with Gasteiger partial charge >= 0.3 is 6.18 Å². The Bertz CT molecular complexity index is 716. The monoisotopic (exact) mass is 556 g/mol. The van der Waals surface area contributed by atoms with Gasteiger partial charge in [-0.2, -0.15) is 13.2 Å². The zero-order valence-electron chi connectivity index (χ0n) is 23.3. The average molecular weight is 557 g/mol. The highest BCUT2D eigenvalue weighted by molar-refractivity contribution is 8.02. The number of guanidine groups is 1. The minimum absolute atomic E-state index is 0.0505. The van der Waals surface area contributed by atoms with Crippen molar-refractivity contribution in [2.45, 2.75) is 122 Å². The normalized spacial score (nSPS) is 23.6. The van der Waals surface area contributed by atoms with Crippen molar-refractivity contribution in [3.63, 3.8) is 0 Å². The first-order valence-corrected chi connectivity index (χ1v) is 14.6. The van der Waals surface area contributed by atoms with E-state index in [9.17, 15) is 18.0 Å². The SMILES string of the molecule is CCCC(C)(CC)C(CC)C(CC(NC)C(F)(F)F)NC(=NCC(C)(C)C)NC(=O)C1CCC(Cl)S1. The third-order valence-corrected chi connectivity index (χ3v) is 9.05. The number of hydrogen-bond donors (Lipinski definition) is 3. The molecule has 1 fully saturated rings. The molecule has 6 atom stereocenters. The topological polar surface area (TPSA) is 65.5 Å². The van der Waals surface area contributed by atoms with Gasteiger partial charge in [-0.15, -0.1) is 23.4 Å². The Labute approximate surface area is 225 Å². The Morgan fingerprint density at radius 1 is 1.14 bits per heavy atom. The number of carbonyl (C=O) groups excluding carboxylic acids is 1. The molecule has 0 spiro atoms. The van der Waals surface area contributed by atoms with Gasteiger partial charge in [0.2, 0.25) is 5.91 Å². The molecule has 1 aliphatic rings. The van der Waals surface area contributed by atoms with Crippen LogP contribution in [0.3, 0.4) is 0 Å². The van der Waals surface area contributed by atoms with Crippen LogP contribution >= 0.6 is 23.4 Å². The maximum Gasteiger partial charge on any atom is 0.403 e. The van der Waals surface area contributed by atoms with Crippen molar-refractivity contribution >= 4 is 35.2 Å². The summed E-state index contributed by atoms with van der Waals surface area (Å²) in [6.45, 7) is 14.9. The number of amides is 1. The van der Waals surface area contributed by atoms with Crippen LogP contribution in [0.4, 0.5) is 13.2 Å². The molecule has 0 aromatic carbocycles. The van der Waals surface area contributed by atoms with Gasteiger partial charge in [0, 0.05) is 12.6 Å². The van der Waals surface area contributed by atoms with Gasteiger partial charge in [0.1, 0.15) is 6.04 Å². The van der Waals surface area contributed by atoms with Gasteiger partial charge in [-0.1, -0.05) is 67.7 Å². The highest BCUT2D eigenvalue weighted by atomic mass is 35.5. The summed E-state index contributed by atoms with van der Waals surface area (Å²) in [7, 11) is 1.34. The maximum absolute atomic E-state index is 13.9. The smallest absolute Gasteiger partial charge is 0.353 e. The third-order valence-electron chi connectivity index (χ3n) is 7.22. The molecule has 1 amide bonds. The summed E-state index contributed by atoms with van der Waals surface area (Å²) in [6, 6.07) is -2.21. The van der Waals surface area contributed by atoms with E-state index in [-0.39, 0.29) is 45.0 Å². The van der Waals surface area contributed by atoms with E-state index in [4.69, 9.17) is 11.6 Å². The van der Waals surface area contributed by atoms with Crippen LogP contribution in [0.25, 0.3) is 0 Å². The highest BCUT2D eigenvalue weighted by Crippen LogP contribution is 2.42. The van der Waals surface area contributed by atoms with Crippen LogP contribution in [0.5, 0.6) is 0 Å². The van der Waals surface area contributed by atoms with E-state index in [1.807, 2.05) is 27.7 Å². The molecule has 1 saturated heterocycles. The Kier molecular flexibility index (Phi) is 13.4. The zero-order valence-corrected chi connectivity index (χ0v) is 24.9. The molecule has 0 radical (unpaired) electrons. The summed E-state index contributed by atoms with van der Waals surface area (Å²) < 4.78 is 41.5. The van der Waals surface area contributed by atoms with Gasteiger partial charge in [0.15, 0.2) is 5.96 Å². The molecule has 10 heteroatoms. The summed E-state index contributed by atoms with van der Waals surface area (Å²) >= 11 is 7.60. The van der Waals surface area contributed by atoms with Gasteiger partial charge in [0.05, 0.1) is 9.96 Å². The number of aliphatic imine (C=N–C) groups is 1. The molecule has 0 bridgehead atoms. The molecular formula is C26H48ClF3N4OS. The molecule has 0 aromatic rings. The summed E-state index contributed by atoms with van der Waals surface area (Å²) in [5, 5.41) is 8.39. The van der Waals surface area contributed by atoms with Crippen LogP contribution in [0, 0.1) is 16.7 Å². The number of thioether (sulfide) groups is 1. The van der Waals surface area contributed by atoms with Crippen molar-refractivity contribution in [3.05, 3.63) is 0 Å². The van der Waals surface area contributed by atoms with Gasteiger partial charge in [-0.05, 0) is 49.5 Å². The number of alkyl halides is 4. The molecule has 1 heterocycles. The molecule has 36 heavy (non-hydrogen) atoms. The molecule has 0 saturated carbocycles. The molecule has 1 rings (SSSR count). The second-order valence-corrected chi connectivity index (χ2v) is 13.7. The van der Waals surface area contributed by atoms with Crippen molar-refractivity contribution < 1.29 is 18.0 Å². The quantitative estimate of drug-likeness (QED) is 0.142. The lowest BCUT2D eigenvalue weighted by molar-refractivity contribution is -0.158. The molecule has 0 aromatic heterocycles. The number of halogens is 4. The van der Waals surface area contributed by atoms with E-state index in [1.165, 1.54) is 18.8 Å². The average Bonchev–Trinajstić information content (AvgIpc) is 3.21. The van der Waals surface area contributed by atoms with Crippen molar-refractivity contribution in [3.8, 4) is 0 Å². The number of nitrogens with zero attached hydrogens (tertiary/aromatic N) is 1. The minimum Gasteiger partial charge on any atom is -0.353 e. The molecule has 3 N–H and O–H groups in total. The Morgan fingerprint density at radius 3 is 2.19 bits per heavy atom. The molecule has 212 valence electrons. The fourth-order valence-electron chi connectivity index (χ4n) is 5.05. The molecule has 0 aliphatic carbocycles. The first-order valence-electron chi connectivity index (χ1n) is 13.3. The third kappa shape index (κ3) is 10.6. The standard InChI is InChI=1S/C26H48ClF3N4OS/c1-9-14-25(7,11-3)17(10-2)18(15-20(31-8)26(28,29)30)33-23(32-16-24(4,5)6)34-22(35)19-12-13-21(27)36-19/h17-21,31H,9-16H2,1-8H3,(H2,32,33,34,35). The number of carbonyl (C=O) groups is 1. The minimum atomic E-state index is -4.39. The molecule has 1 aliphatic heterocycles. The summed E-state index contributed by atoms with van der Waals surface area (Å²) in [5.74, 6) is -0.00245. The van der Waals surface area contributed by atoms with Crippen LogP contribution in [0.2, 0.25) is 0 Å². The van der Waals surface area contributed by atoms with E-state index < -0.39 is 18.3 Å². The predicted molar refractivity (Wildman–Crippen MR) is 148 cm³/mol. The van der Waals surface area contributed by atoms with Gasteiger partial charge in [0.25, 0.3) is 0 Å².